The second-order valence-corrected chi connectivity index (χ2v) is 8.33. The van der Waals surface area contributed by atoms with Gasteiger partial charge in [-0.25, -0.2) is 0 Å². The SMILES string of the molecule is [B]c1ccc(C#N)c(SC2OC3CO[CH]([Pb])OC3C(N)C2O)c1. The van der Waals surface area contributed by atoms with Crippen LogP contribution in [0.3, 0.4) is 0 Å². The van der Waals surface area contributed by atoms with Crippen molar-refractivity contribution in [2.45, 2.75) is 38.5 Å². The molecule has 9 heteroatoms. The van der Waals surface area contributed by atoms with Crippen LogP contribution in [0.1, 0.15) is 5.56 Å². The van der Waals surface area contributed by atoms with Crippen LogP contribution in [-0.2, 0) is 14.2 Å². The van der Waals surface area contributed by atoms with E-state index in [0.717, 1.165) is 25.8 Å². The van der Waals surface area contributed by atoms with Crippen molar-refractivity contribution in [3.8, 4) is 6.07 Å². The molecule has 0 spiro atoms. The first kappa shape index (κ1) is 17.7. The van der Waals surface area contributed by atoms with E-state index in [1.54, 1.807) is 18.2 Å². The Hall–Kier alpha value is -0.153. The van der Waals surface area contributed by atoms with Gasteiger partial charge < -0.3 is 0 Å². The van der Waals surface area contributed by atoms with Crippen LogP contribution in [0.25, 0.3) is 0 Å². The molecule has 1 aromatic rings. The first-order valence-corrected chi connectivity index (χ1v) is 10.2. The summed E-state index contributed by atoms with van der Waals surface area (Å²) in [7, 11) is 5.78. The molecule has 0 aromatic heterocycles. The number of benzene rings is 1. The summed E-state index contributed by atoms with van der Waals surface area (Å²) in [6.45, 7) is 0.387. The summed E-state index contributed by atoms with van der Waals surface area (Å²) in [5.41, 5.74) is 6.55. The van der Waals surface area contributed by atoms with Crippen LogP contribution in [0.2, 0.25) is 0 Å². The van der Waals surface area contributed by atoms with Crippen molar-refractivity contribution in [3.63, 3.8) is 0 Å². The summed E-state index contributed by atoms with van der Waals surface area (Å²) >= 11 is 1.97. The second kappa shape index (κ2) is 7.39. The maximum absolute atomic E-state index is 10.5. The summed E-state index contributed by atoms with van der Waals surface area (Å²) in [4.78, 5) is 0.653. The van der Waals surface area contributed by atoms with Gasteiger partial charge in [0.05, 0.1) is 0 Å². The van der Waals surface area contributed by atoms with Gasteiger partial charge in [-0.05, 0) is 0 Å². The first-order chi connectivity index (χ1) is 11.0. The summed E-state index contributed by atoms with van der Waals surface area (Å²) in [5, 5.41) is 19.7. The number of ether oxygens (including phenoxy) is 3. The third kappa shape index (κ3) is 3.76. The van der Waals surface area contributed by atoms with E-state index in [2.05, 4.69) is 6.07 Å². The van der Waals surface area contributed by atoms with Crippen molar-refractivity contribution in [1.29, 1.82) is 5.26 Å². The van der Waals surface area contributed by atoms with E-state index in [0.29, 0.717) is 22.5 Å². The summed E-state index contributed by atoms with van der Waals surface area (Å²) in [5.74, 6) is 0. The third-order valence-corrected chi connectivity index (χ3v) is 6.18. The number of thioether (sulfide) groups is 1. The van der Waals surface area contributed by atoms with E-state index in [9.17, 15) is 10.4 Å². The van der Waals surface area contributed by atoms with Gasteiger partial charge in [0.2, 0.25) is 0 Å². The van der Waals surface area contributed by atoms with Gasteiger partial charge in [-0.2, -0.15) is 0 Å². The molecular formula is C14H14BN2O4PbS. The Bertz CT molecular complexity index is 629. The standard InChI is InChI=1S/C14H14BN2O4S.Pb/c15-8-2-1-7(4-16)10(3-8)22-14-12(18)11(17)13-9(21-14)5-19-6-20-13;/h1-3,6,9,11-14,18H,5,17H2;. The van der Waals surface area contributed by atoms with E-state index in [-0.39, 0.29) is 16.1 Å². The number of nitriles is 1. The number of aliphatic hydroxyl groups excluding tert-OH is 1. The van der Waals surface area contributed by atoms with Crippen LogP contribution in [-0.4, -0.2) is 79.0 Å². The molecule has 0 amide bonds. The number of aliphatic hydroxyl groups is 1. The van der Waals surface area contributed by atoms with E-state index in [1.807, 2.05) is 0 Å². The Morgan fingerprint density at radius 1 is 1.43 bits per heavy atom. The van der Waals surface area contributed by atoms with Crippen LogP contribution in [0, 0.1) is 11.3 Å². The topological polar surface area (TPSA) is 97.7 Å². The quantitative estimate of drug-likeness (QED) is 0.466. The van der Waals surface area contributed by atoms with Gasteiger partial charge in [0.1, 0.15) is 0 Å². The van der Waals surface area contributed by atoms with Crippen LogP contribution < -0.4 is 11.2 Å². The number of hydrogen-bond donors (Lipinski definition) is 2. The zero-order valence-electron chi connectivity index (χ0n) is 12.1. The normalized spacial score (nSPS) is 37.0. The zero-order chi connectivity index (χ0) is 16.6. The van der Waals surface area contributed by atoms with Gasteiger partial charge in [-0.3, -0.25) is 0 Å². The van der Waals surface area contributed by atoms with Gasteiger partial charge in [-0.1, -0.05) is 0 Å². The molecule has 0 saturated carbocycles. The number of hydrogen-bond acceptors (Lipinski definition) is 7. The minimum absolute atomic E-state index is 0.235. The van der Waals surface area contributed by atoms with Gasteiger partial charge in [-0.15, -0.1) is 0 Å². The molecule has 0 aliphatic carbocycles. The molecule has 117 valence electrons. The third-order valence-electron chi connectivity index (χ3n) is 3.79. The van der Waals surface area contributed by atoms with Crippen molar-refractivity contribution in [1.82, 2.24) is 0 Å². The molecule has 6 unspecified atom stereocenters. The first-order valence-electron chi connectivity index (χ1n) is 7.03. The van der Waals surface area contributed by atoms with Crippen molar-refractivity contribution in [3.05, 3.63) is 23.8 Å². The Morgan fingerprint density at radius 2 is 2.22 bits per heavy atom. The van der Waals surface area contributed by atoms with Crippen LogP contribution >= 0.6 is 11.8 Å². The van der Waals surface area contributed by atoms with Crippen molar-refractivity contribution in [2.24, 2.45) is 5.73 Å². The minimum atomic E-state index is -0.916. The van der Waals surface area contributed by atoms with E-state index < -0.39 is 17.6 Å². The van der Waals surface area contributed by atoms with Crippen LogP contribution in [0.15, 0.2) is 23.1 Å². The molecule has 6 nitrogen and oxygen atoms in total. The van der Waals surface area contributed by atoms with E-state index in [4.69, 9.17) is 27.8 Å². The predicted molar refractivity (Wildman–Crippen MR) is 85.4 cm³/mol. The fourth-order valence-electron chi connectivity index (χ4n) is 2.58. The number of rotatable bonds is 2. The molecule has 5 radical (unpaired) electrons. The van der Waals surface area contributed by atoms with Crippen LogP contribution in [0.5, 0.6) is 0 Å². The van der Waals surface area contributed by atoms with Gasteiger partial charge in [0, 0.05) is 0 Å². The molecule has 6 atom stereocenters. The molecule has 23 heavy (non-hydrogen) atoms. The van der Waals surface area contributed by atoms with Gasteiger partial charge in [0.15, 0.2) is 0 Å². The Labute approximate surface area is 155 Å². The molecule has 2 heterocycles. The number of nitrogens with two attached hydrogens (primary N) is 1. The van der Waals surface area contributed by atoms with E-state index in [1.165, 1.54) is 11.8 Å². The predicted octanol–water partition coefficient (Wildman–Crippen LogP) is -1.28. The van der Waals surface area contributed by atoms with E-state index >= 15 is 0 Å². The average Bonchev–Trinajstić information content (AvgIpc) is 2.53. The van der Waals surface area contributed by atoms with Crippen molar-refractivity contribution in [2.75, 3.05) is 6.61 Å². The fourth-order valence-corrected chi connectivity index (χ4v) is 4.78. The molecule has 2 aliphatic heterocycles. The summed E-state index contributed by atoms with van der Waals surface area (Å²) in [6, 6.07) is 6.54. The molecule has 2 saturated heterocycles. The van der Waals surface area contributed by atoms with Gasteiger partial charge in [0.25, 0.3) is 0 Å². The van der Waals surface area contributed by atoms with Crippen LogP contribution in [0.4, 0.5) is 0 Å². The number of nitrogens with zero attached hydrogens (tertiary/aromatic N) is 1. The molecule has 1 aromatic carbocycles. The Morgan fingerprint density at radius 3 is 2.96 bits per heavy atom. The molecule has 2 fully saturated rings. The maximum atomic E-state index is 10.5. The Balaban J connectivity index is 1.79. The zero-order valence-corrected chi connectivity index (χ0v) is 16.8. The molecular weight excluding hydrogens is 510 g/mol. The Kier molecular flexibility index (Phi) is 5.67. The summed E-state index contributed by atoms with van der Waals surface area (Å²) < 4.78 is 16.9. The van der Waals surface area contributed by atoms with Gasteiger partial charge >= 0.3 is 156 Å². The molecule has 3 N–H and O–H groups in total. The molecule has 2 aliphatic rings. The van der Waals surface area contributed by atoms with Crippen molar-refractivity contribution < 1.29 is 19.3 Å². The molecule has 3 rings (SSSR count). The monoisotopic (exact) mass is 525 g/mol. The summed E-state index contributed by atoms with van der Waals surface area (Å²) in [6.07, 6.45) is -1.63. The average molecular weight is 524 g/mol. The second-order valence-electron chi connectivity index (χ2n) is 5.36. The number of fused-ring (bicyclic) bond motifs is 1. The fraction of sp³-hybridized carbons (Fsp3) is 0.500. The molecule has 0 bridgehead atoms. The van der Waals surface area contributed by atoms with Crippen molar-refractivity contribution >= 4 is 50.8 Å².